The first-order valence-electron chi connectivity index (χ1n) is 15.4. The summed E-state index contributed by atoms with van der Waals surface area (Å²) in [6.07, 6.45) is 9.66. The number of carbonyl (C=O) groups excluding carboxylic acids is 4. The van der Waals surface area contributed by atoms with Gasteiger partial charge in [0.15, 0.2) is 0 Å². The van der Waals surface area contributed by atoms with Crippen molar-refractivity contribution in [2.24, 2.45) is 11.8 Å². The van der Waals surface area contributed by atoms with E-state index in [2.05, 4.69) is 22.5 Å². The molecule has 10 nitrogen and oxygen atoms in total. The molecule has 2 aliphatic rings. The number of allylic oxidation sites excluding steroid dienone is 5. The fourth-order valence-corrected chi connectivity index (χ4v) is 5.45. The van der Waals surface area contributed by atoms with Gasteiger partial charge in [0.25, 0.3) is 11.8 Å². The van der Waals surface area contributed by atoms with Crippen LogP contribution in [0.3, 0.4) is 0 Å². The van der Waals surface area contributed by atoms with E-state index in [4.69, 9.17) is 11.6 Å². The molecule has 1 aromatic carbocycles. The van der Waals surface area contributed by atoms with Crippen molar-refractivity contribution in [1.29, 1.82) is 0 Å². The van der Waals surface area contributed by atoms with Gasteiger partial charge >= 0.3 is 0 Å². The summed E-state index contributed by atoms with van der Waals surface area (Å²) in [5, 5.41) is 28.4. The zero-order valence-corrected chi connectivity index (χ0v) is 30.5. The summed E-state index contributed by atoms with van der Waals surface area (Å²) in [6.45, 7) is 7.12. The van der Waals surface area contributed by atoms with Crippen molar-refractivity contribution in [3.8, 4) is 0 Å². The summed E-state index contributed by atoms with van der Waals surface area (Å²) >= 11 is 5.73. The zero-order chi connectivity index (χ0) is 34.3. The van der Waals surface area contributed by atoms with Gasteiger partial charge in [-0.3, -0.25) is 29.4 Å². The zero-order valence-electron chi connectivity index (χ0n) is 26.9. The Morgan fingerprint density at radius 2 is 1.87 bits per heavy atom. The number of hydroxylamine groups is 2. The minimum absolute atomic E-state index is 0. The SMILES string of the molecule is C=C/C=C\C=C(/C)N(O)CC(=O)NC(CC1CCNC1=O)C(=O)C(=O)NCC.OC(C1CCCCC1)C(F)(F)c1cccc(Cl)c1.[Y]. The largest absolute Gasteiger partial charge is 0.386 e. The van der Waals surface area contributed by atoms with Crippen LogP contribution in [0.4, 0.5) is 8.78 Å². The minimum atomic E-state index is -3.23. The minimum Gasteiger partial charge on any atom is -0.386 e. The van der Waals surface area contributed by atoms with E-state index in [1.54, 1.807) is 44.2 Å². The first-order valence-corrected chi connectivity index (χ1v) is 15.8. The third-order valence-electron chi connectivity index (χ3n) is 7.86. The van der Waals surface area contributed by atoms with Gasteiger partial charge in [0.1, 0.15) is 12.6 Å². The van der Waals surface area contributed by atoms with Crippen molar-refractivity contribution < 1.29 is 71.0 Å². The predicted octanol–water partition coefficient (Wildman–Crippen LogP) is 4.41. The number of amides is 3. The third-order valence-corrected chi connectivity index (χ3v) is 8.09. The molecule has 14 heteroatoms. The molecular weight excluding hydrogens is 711 g/mol. The smallest absolute Gasteiger partial charge is 0.298 e. The summed E-state index contributed by atoms with van der Waals surface area (Å²) in [5.74, 6) is -6.50. The van der Waals surface area contributed by atoms with E-state index in [1.165, 1.54) is 18.2 Å². The van der Waals surface area contributed by atoms with Gasteiger partial charge in [0.2, 0.25) is 17.6 Å². The average Bonchev–Trinajstić information content (AvgIpc) is 3.44. The Morgan fingerprint density at radius 3 is 2.45 bits per heavy atom. The van der Waals surface area contributed by atoms with Gasteiger partial charge in [-0.1, -0.05) is 67.8 Å². The molecule has 2 fully saturated rings. The van der Waals surface area contributed by atoms with Gasteiger partial charge in [0.05, 0.1) is 6.04 Å². The van der Waals surface area contributed by atoms with Crippen LogP contribution in [-0.4, -0.2) is 70.7 Å². The first kappa shape index (κ1) is 42.5. The van der Waals surface area contributed by atoms with Crippen molar-refractivity contribution in [2.45, 2.75) is 76.9 Å². The second kappa shape index (κ2) is 21.5. The van der Waals surface area contributed by atoms with E-state index in [9.17, 15) is 38.3 Å². The number of hydrogen-bond donors (Lipinski definition) is 5. The van der Waals surface area contributed by atoms with Crippen LogP contribution in [0.5, 0.6) is 0 Å². The molecule has 1 aliphatic heterocycles. The van der Waals surface area contributed by atoms with E-state index < -0.39 is 48.1 Å². The van der Waals surface area contributed by atoms with Crippen LogP contribution in [0.1, 0.15) is 64.4 Å². The van der Waals surface area contributed by atoms with Gasteiger partial charge in [-0.25, -0.2) is 0 Å². The van der Waals surface area contributed by atoms with Gasteiger partial charge < -0.3 is 21.1 Å². The summed E-state index contributed by atoms with van der Waals surface area (Å²) in [6, 6.07) is 4.44. The number of ketones is 1. The van der Waals surface area contributed by atoms with Gasteiger partial charge in [0, 0.05) is 68.0 Å². The second-order valence-corrected chi connectivity index (χ2v) is 11.8. The molecular formula is C33H45ClF2N4O6Y. The number of benzene rings is 1. The number of aliphatic hydroxyl groups excluding tert-OH is 1. The van der Waals surface area contributed by atoms with Crippen molar-refractivity contribution in [2.75, 3.05) is 19.6 Å². The molecule has 5 N–H and O–H groups in total. The molecule has 1 saturated heterocycles. The molecule has 47 heavy (non-hydrogen) atoms. The topological polar surface area (TPSA) is 148 Å². The molecule has 1 saturated carbocycles. The number of Topliss-reactive ketones (excluding diaryl/α,β-unsaturated/α-hetero) is 1. The second-order valence-electron chi connectivity index (χ2n) is 11.3. The van der Waals surface area contributed by atoms with Crippen molar-refractivity contribution >= 4 is 35.1 Å². The number of alkyl halides is 2. The van der Waals surface area contributed by atoms with Gasteiger partial charge in [-0.2, -0.15) is 8.78 Å². The van der Waals surface area contributed by atoms with E-state index in [0.29, 0.717) is 31.5 Å². The fraction of sp³-hybridized carbons (Fsp3) is 0.515. The first-order chi connectivity index (χ1) is 21.8. The Bertz CT molecular complexity index is 1280. The van der Waals surface area contributed by atoms with E-state index in [1.807, 2.05) is 0 Å². The average molecular weight is 756 g/mol. The molecule has 257 valence electrons. The Balaban J connectivity index is 0.000000500. The molecule has 1 radical (unpaired) electrons. The van der Waals surface area contributed by atoms with Crippen molar-refractivity contribution in [1.82, 2.24) is 21.0 Å². The molecule has 1 aromatic rings. The molecule has 1 aliphatic carbocycles. The number of hydrogen-bond acceptors (Lipinski definition) is 7. The van der Waals surface area contributed by atoms with E-state index in [-0.39, 0.29) is 68.1 Å². The van der Waals surface area contributed by atoms with Crippen molar-refractivity contribution in [3.05, 3.63) is 71.4 Å². The quantitative estimate of drug-likeness (QED) is 0.107. The molecule has 3 unspecified atom stereocenters. The predicted molar refractivity (Wildman–Crippen MR) is 171 cm³/mol. The Labute approximate surface area is 305 Å². The molecule has 3 rings (SSSR count). The third kappa shape index (κ3) is 13.9. The molecule has 0 bridgehead atoms. The number of rotatable bonds is 14. The van der Waals surface area contributed by atoms with Crippen LogP contribution in [0.15, 0.2) is 60.8 Å². The molecule has 3 amide bonds. The van der Waals surface area contributed by atoms with Gasteiger partial charge in [-0.15, -0.1) is 0 Å². The maximum absolute atomic E-state index is 14.2. The number of nitrogens with one attached hydrogen (secondary N) is 3. The van der Waals surface area contributed by atoms with E-state index in [0.717, 1.165) is 24.3 Å². The summed E-state index contributed by atoms with van der Waals surface area (Å²) < 4.78 is 28.4. The number of halogens is 3. The van der Waals surface area contributed by atoms with Crippen molar-refractivity contribution in [3.63, 3.8) is 0 Å². The Kier molecular flexibility index (Phi) is 19.4. The summed E-state index contributed by atoms with van der Waals surface area (Å²) in [7, 11) is 0. The normalized spacial score (nSPS) is 18.1. The number of nitrogens with zero attached hydrogens (tertiary/aromatic N) is 1. The maximum Gasteiger partial charge on any atom is 0.298 e. The molecule has 0 aromatic heterocycles. The summed E-state index contributed by atoms with van der Waals surface area (Å²) in [4.78, 5) is 48.4. The van der Waals surface area contributed by atoms with Crippen LogP contribution in [-0.2, 0) is 57.8 Å². The van der Waals surface area contributed by atoms with Crippen LogP contribution in [0.25, 0.3) is 0 Å². The fourth-order valence-electron chi connectivity index (χ4n) is 5.26. The van der Waals surface area contributed by atoms with Crippen LogP contribution in [0, 0.1) is 11.8 Å². The van der Waals surface area contributed by atoms with Crippen LogP contribution in [0.2, 0.25) is 5.02 Å². The van der Waals surface area contributed by atoms with Crippen LogP contribution < -0.4 is 16.0 Å². The molecule has 3 atom stereocenters. The Hall–Kier alpha value is -2.51. The number of aliphatic hydroxyl groups is 1. The number of likely N-dealkylation sites (N-methyl/N-ethyl adjacent to an activating group) is 1. The molecule has 0 spiro atoms. The monoisotopic (exact) mass is 755 g/mol. The molecule has 1 heterocycles. The van der Waals surface area contributed by atoms with Gasteiger partial charge in [-0.05, 0) is 63.7 Å². The maximum atomic E-state index is 14.2. The summed E-state index contributed by atoms with van der Waals surface area (Å²) in [5.41, 5.74) is 0.197. The van der Waals surface area contributed by atoms with E-state index >= 15 is 0 Å². The standard InChI is InChI=1S/C19H28N4O5.C14H17ClF2O.Y/c1-4-6-7-8-13(3)23(28)12-16(24)22-15(17(25)19(27)20-5-2)11-14-9-10-21-18(14)26;15-12-8-4-7-11(9-12)14(16,17)13(18)10-5-2-1-3-6-10;/h4,6-8,14-15,28H,1,5,9-12H2,2-3H3,(H,20,27)(H,21,26)(H,22,24);4,7-10,13,18H,1-3,5-6H2;/b7-6-,13-8+;;. The van der Waals surface area contributed by atoms with Crippen LogP contribution >= 0.6 is 11.6 Å². The number of carbonyl (C=O) groups is 4. The Morgan fingerprint density at radius 1 is 1.19 bits per heavy atom.